The molecule has 0 saturated carbocycles. The first kappa shape index (κ1) is 14.2. The molecule has 1 aromatic rings. The zero-order valence-electron chi connectivity index (χ0n) is 11.0. The Morgan fingerprint density at radius 1 is 1.53 bits per heavy atom. The molecule has 0 aliphatic rings. The fourth-order valence-corrected chi connectivity index (χ4v) is 2.56. The normalized spacial score (nSPS) is 11.9. The Labute approximate surface area is 109 Å². The van der Waals surface area contributed by atoms with E-state index in [-0.39, 0.29) is 0 Å². The van der Waals surface area contributed by atoms with E-state index >= 15 is 0 Å². The highest BCUT2D eigenvalue weighted by molar-refractivity contribution is 7.09. The molecule has 1 heterocycles. The second-order valence-corrected chi connectivity index (χ2v) is 5.15. The van der Waals surface area contributed by atoms with Gasteiger partial charge in [0.25, 0.3) is 0 Å². The summed E-state index contributed by atoms with van der Waals surface area (Å²) in [5, 5.41) is 6.94. The van der Waals surface area contributed by atoms with Crippen LogP contribution in [0, 0.1) is 18.8 Å². The van der Waals surface area contributed by atoms with Gasteiger partial charge in [0.1, 0.15) is 0 Å². The molecule has 0 saturated heterocycles. The monoisotopic (exact) mass is 250 g/mol. The summed E-state index contributed by atoms with van der Waals surface area (Å²) in [4.78, 5) is 4.53. The van der Waals surface area contributed by atoms with E-state index in [0.717, 1.165) is 31.5 Å². The minimum Gasteiger partial charge on any atom is -0.314 e. The molecule has 0 amide bonds. The lowest BCUT2D eigenvalue weighted by Crippen LogP contribution is -2.31. The average molecular weight is 250 g/mol. The number of rotatable bonds is 7. The first-order valence-corrected chi connectivity index (χ1v) is 7.18. The van der Waals surface area contributed by atoms with Gasteiger partial charge in [-0.3, -0.25) is 0 Å². The topological polar surface area (TPSA) is 24.9 Å². The van der Waals surface area contributed by atoms with Gasteiger partial charge in [-0.15, -0.1) is 23.2 Å². The molecule has 0 fully saturated rings. The molecule has 0 aliphatic carbocycles. The Hall–Kier alpha value is -0.850. The molecule has 1 atom stereocenters. The highest BCUT2D eigenvalue weighted by Gasteiger charge is 2.10. The van der Waals surface area contributed by atoms with E-state index in [2.05, 4.69) is 41.4 Å². The standard InChI is InChI=1S/C14H22N2S/c1-4-6-7-8-13(15-9-5-2)10-14-16-12(3)11-17-14/h11,13,15H,5,7-10H2,1-3H3. The Morgan fingerprint density at radius 3 is 2.94 bits per heavy atom. The zero-order valence-corrected chi connectivity index (χ0v) is 11.9. The van der Waals surface area contributed by atoms with Gasteiger partial charge < -0.3 is 5.32 Å². The van der Waals surface area contributed by atoms with Crippen molar-refractivity contribution in [3.05, 3.63) is 16.1 Å². The maximum absolute atomic E-state index is 4.53. The molecule has 3 heteroatoms. The van der Waals surface area contributed by atoms with Crippen molar-refractivity contribution in [2.75, 3.05) is 6.54 Å². The van der Waals surface area contributed by atoms with E-state index in [1.165, 1.54) is 11.4 Å². The van der Waals surface area contributed by atoms with Crippen molar-refractivity contribution >= 4 is 11.3 Å². The summed E-state index contributed by atoms with van der Waals surface area (Å²) in [5.74, 6) is 6.10. The van der Waals surface area contributed by atoms with Gasteiger partial charge in [0, 0.05) is 30.0 Å². The molecule has 0 bridgehead atoms. The van der Waals surface area contributed by atoms with Crippen LogP contribution >= 0.6 is 11.3 Å². The number of nitrogens with one attached hydrogen (secondary N) is 1. The molecule has 0 aliphatic heterocycles. The number of aromatic nitrogens is 1. The lowest BCUT2D eigenvalue weighted by molar-refractivity contribution is 0.482. The molecule has 2 nitrogen and oxygen atoms in total. The maximum atomic E-state index is 4.53. The van der Waals surface area contributed by atoms with Crippen molar-refractivity contribution in [2.24, 2.45) is 0 Å². The summed E-state index contributed by atoms with van der Waals surface area (Å²) in [6.07, 6.45) is 4.29. The summed E-state index contributed by atoms with van der Waals surface area (Å²) in [6.45, 7) is 7.23. The number of thiazole rings is 1. The average Bonchev–Trinajstić information content (AvgIpc) is 2.72. The largest absolute Gasteiger partial charge is 0.314 e. The fourth-order valence-electron chi connectivity index (χ4n) is 1.70. The molecular formula is C14H22N2S. The van der Waals surface area contributed by atoms with E-state index < -0.39 is 0 Å². The van der Waals surface area contributed by atoms with Crippen molar-refractivity contribution in [1.82, 2.24) is 10.3 Å². The van der Waals surface area contributed by atoms with Crippen molar-refractivity contribution in [3.8, 4) is 11.8 Å². The van der Waals surface area contributed by atoms with Crippen LogP contribution in [0.2, 0.25) is 0 Å². The molecule has 0 aromatic carbocycles. The van der Waals surface area contributed by atoms with Crippen molar-refractivity contribution in [1.29, 1.82) is 0 Å². The quantitative estimate of drug-likeness (QED) is 0.752. The summed E-state index contributed by atoms with van der Waals surface area (Å²) < 4.78 is 0. The van der Waals surface area contributed by atoms with Gasteiger partial charge in [-0.25, -0.2) is 4.98 Å². The van der Waals surface area contributed by atoms with E-state index in [1.807, 2.05) is 6.92 Å². The maximum Gasteiger partial charge on any atom is 0.0943 e. The second kappa shape index (κ2) is 8.27. The van der Waals surface area contributed by atoms with Gasteiger partial charge in [0.15, 0.2) is 0 Å². The predicted molar refractivity (Wildman–Crippen MR) is 75.3 cm³/mol. The fraction of sp³-hybridized carbons (Fsp3) is 0.643. The lowest BCUT2D eigenvalue weighted by atomic mass is 10.1. The zero-order chi connectivity index (χ0) is 12.5. The number of aryl methyl sites for hydroxylation is 1. The number of nitrogens with zero attached hydrogens (tertiary/aromatic N) is 1. The van der Waals surface area contributed by atoms with Crippen LogP contribution in [0.5, 0.6) is 0 Å². The van der Waals surface area contributed by atoms with Crippen molar-refractivity contribution < 1.29 is 0 Å². The van der Waals surface area contributed by atoms with Crippen molar-refractivity contribution in [3.63, 3.8) is 0 Å². The van der Waals surface area contributed by atoms with E-state index in [1.54, 1.807) is 11.3 Å². The third kappa shape index (κ3) is 5.86. The summed E-state index contributed by atoms with van der Waals surface area (Å²) in [5.41, 5.74) is 1.13. The van der Waals surface area contributed by atoms with Gasteiger partial charge in [0.2, 0.25) is 0 Å². The first-order chi connectivity index (χ1) is 8.26. The first-order valence-electron chi connectivity index (χ1n) is 6.30. The third-order valence-electron chi connectivity index (χ3n) is 2.57. The SMILES string of the molecule is CC#CCCC(Cc1nc(C)cs1)NCCC. The predicted octanol–water partition coefficient (Wildman–Crippen LogP) is 3.17. The summed E-state index contributed by atoms with van der Waals surface area (Å²) in [6, 6.07) is 0.515. The van der Waals surface area contributed by atoms with Crippen LogP contribution in [-0.4, -0.2) is 17.6 Å². The Kier molecular flexibility index (Phi) is 6.91. The second-order valence-electron chi connectivity index (χ2n) is 4.20. The molecule has 0 spiro atoms. The molecular weight excluding hydrogens is 228 g/mol. The minimum absolute atomic E-state index is 0.515. The van der Waals surface area contributed by atoms with Gasteiger partial charge in [0.05, 0.1) is 5.01 Å². The molecule has 94 valence electrons. The van der Waals surface area contributed by atoms with Gasteiger partial charge >= 0.3 is 0 Å². The van der Waals surface area contributed by atoms with Crippen LogP contribution in [0.3, 0.4) is 0 Å². The Bertz CT molecular complexity index is 373. The molecule has 0 radical (unpaired) electrons. The van der Waals surface area contributed by atoms with Crippen LogP contribution < -0.4 is 5.32 Å². The van der Waals surface area contributed by atoms with Crippen LogP contribution in [0.4, 0.5) is 0 Å². The molecule has 1 aromatic heterocycles. The molecule has 17 heavy (non-hydrogen) atoms. The van der Waals surface area contributed by atoms with Crippen LogP contribution in [-0.2, 0) is 6.42 Å². The minimum atomic E-state index is 0.515. The molecule has 1 rings (SSSR count). The van der Waals surface area contributed by atoms with Crippen molar-refractivity contribution in [2.45, 2.75) is 52.5 Å². The van der Waals surface area contributed by atoms with Gasteiger partial charge in [-0.2, -0.15) is 0 Å². The van der Waals surface area contributed by atoms with Gasteiger partial charge in [-0.1, -0.05) is 6.92 Å². The molecule has 1 unspecified atom stereocenters. The molecule has 1 N–H and O–H groups in total. The highest BCUT2D eigenvalue weighted by Crippen LogP contribution is 2.13. The smallest absolute Gasteiger partial charge is 0.0943 e. The highest BCUT2D eigenvalue weighted by atomic mass is 32.1. The van der Waals surface area contributed by atoms with Gasteiger partial charge in [-0.05, 0) is 33.2 Å². The number of hydrogen-bond donors (Lipinski definition) is 1. The van der Waals surface area contributed by atoms with Crippen LogP contribution in [0.25, 0.3) is 0 Å². The number of hydrogen-bond acceptors (Lipinski definition) is 3. The summed E-state index contributed by atoms with van der Waals surface area (Å²) in [7, 11) is 0. The Balaban J connectivity index is 2.45. The lowest BCUT2D eigenvalue weighted by Gasteiger charge is -2.15. The van der Waals surface area contributed by atoms with E-state index in [0.29, 0.717) is 6.04 Å². The van der Waals surface area contributed by atoms with E-state index in [4.69, 9.17) is 0 Å². The van der Waals surface area contributed by atoms with E-state index in [9.17, 15) is 0 Å². The Morgan fingerprint density at radius 2 is 2.35 bits per heavy atom. The summed E-state index contributed by atoms with van der Waals surface area (Å²) >= 11 is 1.76. The third-order valence-corrected chi connectivity index (χ3v) is 3.55. The van der Waals surface area contributed by atoms with Crippen LogP contribution in [0.1, 0.15) is 43.8 Å². The van der Waals surface area contributed by atoms with Crippen LogP contribution in [0.15, 0.2) is 5.38 Å².